The summed E-state index contributed by atoms with van der Waals surface area (Å²) in [4.78, 5) is 19.4. The molecule has 3 rings (SSSR count). The highest BCUT2D eigenvalue weighted by atomic mass is 19.1. The van der Waals surface area contributed by atoms with E-state index in [9.17, 15) is 9.18 Å². The number of amides is 1. The number of carbonyl (C=O) groups is 1. The van der Waals surface area contributed by atoms with Crippen molar-refractivity contribution in [3.63, 3.8) is 0 Å². The van der Waals surface area contributed by atoms with E-state index in [-0.39, 0.29) is 16.9 Å². The van der Waals surface area contributed by atoms with Crippen LogP contribution in [0.5, 0.6) is 0 Å². The van der Waals surface area contributed by atoms with Crippen LogP contribution in [0.15, 0.2) is 30.6 Å². The number of aryl methyl sites for hydroxylation is 1. The second-order valence-corrected chi connectivity index (χ2v) is 5.40. The molecule has 1 fully saturated rings. The number of hydroxylamine groups is 1. The fourth-order valence-corrected chi connectivity index (χ4v) is 2.54. The Morgan fingerprint density at radius 2 is 2.00 bits per heavy atom. The van der Waals surface area contributed by atoms with Crippen LogP contribution < -0.4 is 10.8 Å². The van der Waals surface area contributed by atoms with Crippen LogP contribution in [0.4, 0.5) is 10.3 Å². The van der Waals surface area contributed by atoms with Crippen LogP contribution >= 0.6 is 0 Å². The lowest BCUT2D eigenvalue weighted by atomic mass is 9.99. The largest absolute Gasteiger partial charge is 0.345 e. The summed E-state index contributed by atoms with van der Waals surface area (Å²) in [5.41, 5.74) is 3.31. The van der Waals surface area contributed by atoms with Gasteiger partial charge < -0.3 is 5.32 Å². The number of anilines is 1. The lowest BCUT2D eigenvalue weighted by Gasteiger charge is -2.20. The summed E-state index contributed by atoms with van der Waals surface area (Å²) in [6.45, 7) is 1.87. The van der Waals surface area contributed by atoms with E-state index in [0.717, 1.165) is 24.0 Å². The Morgan fingerprint density at radius 1 is 1.32 bits per heavy atom. The van der Waals surface area contributed by atoms with Gasteiger partial charge in [0.2, 0.25) is 5.95 Å². The number of hydrogen-bond donors (Lipinski definition) is 3. The van der Waals surface area contributed by atoms with E-state index in [4.69, 9.17) is 5.21 Å². The quantitative estimate of drug-likeness (QED) is 0.595. The first-order valence-electron chi connectivity index (χ1n) is 6.85. The second-order valence-electron chi connectivity index (χ2n) is 5.40. The summed E-state index contributed by atoms with van der Waals surface area (Å²) in [7, 11) is 0. The molecule has 22 heavy (non-hydrogen) atoms. The Bertz CT molecular complexity index is 714. The molecule has 1 aromatic carbocycles. The molecule has 1 aliphatic carbocycles. The van der Waals surface area contributed by atoms with Gasteiger partial charge in [-0.25, -0.2) is 19.8 Å². The Hall–Kier alpha value is -2.54. The van der Waals surface area contributed by atoms with Crippen LogP contribution in [0.2, 0.25) is 0 Å². The van der Waals surface area contributed by atoms with Crippen molar-refractivity contribution in [2.24, 2.45) is 0 Å². The van der Waals surface area contributed by atoms with Gasteiger partial charge in [-0.15, -0.1) is 0 Å². The number of benzene rings is 1. The van der Waals surface area contributed by atoms with Gasteiger partial charge in [0.25, 0.3) is 5.91 Å². The maximum Gasteiger partial charge on any atom is 0.277 e. The molecule has 0 saturated heterocycles. The zero-order valence-corrected chi connectivity index (χ0v) is 11.9. The number of halogens is 1. The molecule has 0 radical (unpaired) electrons. The van der Waals surface area contributed by atoms with E-state index >= 15 is 0 Å². The molecule has 1 amide bonds. The van der Waals surface area contributed by atoms with Crippen LogP contribution in [0.1, 0.15) is 34.3 Å². The van der Waals surface area contributed by atoms with Crippen molar-refractivity contribution in [1.29, 1.82) is 0 Å². The van der Waals surface area contributed by atoms with Crippen molar-refractivity contribution in [1.82, 2.24) is 15.4 Å². The van der Waals surface area contributed by atoms with Gasteiger partial charge in [-0.3, -0.25) is 10.0 Å². The fraction of sp³-hybridized carbons (Fsp3) is 0.267. The molecule has 0 spiro atoms. The van der Waals surface area contributed by atoms with Crippen LogP contribution in [0.25, 0.3) is 0 Å². The number of carbonyl (C=O) groups excluding carboxylic acids is 1. The van der Waals surface area contributed by atoms with Crippen molar-refractivity contribution in [3.05, 3.63) is 53.1 Å². The van der Waals surface area contributed by atoms with Gasteiger partial charge in [-0.2, -0.15) is 0 Å². The predicted octanol–water partition coefficient (Wildman–Crippen LogP) is 2.14. The van der Waals surface area contributed by atoms with Gasteiger partial charge in [-0.1, -0.05) is 6.07 Å². The summed E-state index contributed by atoms with van der Waals surface area (Å²) in [6.07, 6.45) is 4.46. The third kappa shape index (κ3) is 2.62. The van der Waals surface area contributed by atoms with E-state index in [2.05, 4.69) is 15.3 Å². The predicted molar refractivity (Wildman–Crippen MR) is 77.0 cm³/mol. The van der Waals surface area contributed by atoms with E-state index in [1.807, 2.05) is 6.92 Å². The molecule has 3 N–H and O–H groups in total. The van der Waals surface area contributed by atoms with Gasteiger partial charge in [0, 0.05) is 12.4 Å². The average molecular weight is 302 g/mol. The summed E-state index contributed by atoms with van der Waals surface area (Å²) in [6, 6.07) is 4.73. The van der Waals surface area contributed by atoms with E-state index in [1.165, 1.54) is 30.0 Å². The molecule has 114 valence electrons. The molecule has 0 unspecified atom stereocenters. The highest BCUT2D eigenvalue weighted by Crippen LogP contribution is 2.48. The van der Waals surface area contributed by atoms with Crippen molar-refractivity contribution in [2.75, 3.05) is 5.32 Å². The van der Waals surface area contributed by atoms with E-state index in [0.29, 0.717) is 5.95 Å². The highest BCUT2D eigenvalue weighted by Gasteiger charge is 2.45. The Kier molecular flexibility index (Phi) is 3.50. The van der Waals surface area contributed by atoms with Gasteiger partial charge in [-0.05, 0) is 43.0 Å². The molecule has 1 aliphatic rings. The third-order valence-electron chi connectivity index (χ3n) is 3.82. The molecule has 7 heteroatoms. The number of nitrogens with one attached hydrogen (secondary N) is 2. The van der Waals surface area contributed by atoms with Crippen molar-refractivity contribution in [2.45, 2.75) is 25.3 Å². The van der Waals surface area contributed by atoms with Gasteiger partial charge in [0.1, 0.15) is 5.82 Å². The summed E-state index contributed by atoms with van der Waals surface area (Å²) < 4.78 is 13.2. The first-order chi connectivity index (χ1) is 10.5. The maximum atomic E-state index is 13.2. The summed E-state index contributed by atoms with van der Waals surface area (Å²) in [5, 5.41) is 11.8. The standard InChI is InChI=1S/C15H15FN4O2/c1-9-6-11(16)2-3-12(9)15(4-5-15)19-14-17-7-10(8-18-14)13(21)20-22/h2-3,6-8,22H,4-5H2,1H3,(H,20,21)(H,17,18,19). The smallest absolute Gasteiger partial charge is 0.277 e. The van der Waals surface area contributed by atoms with Crippen molar-refractivity contribution < 1.29 is 14.4 Å². The molecule has 0 bridgehead atoms. The lowest BCUT2D eigenvalue weighted by Crippen LogP contribution is -2.23. The molecular formula is C15H15FN4O2. The fourth-order valence-electron chi connectivity index (χ4n) is 2.54. The molecule has 6 nitrogen and oxygen atoms in total. The molecule has 1 heterocycles. The zero-order valence-electron chi connectivity index (χ0n) is 11.9. The van der Waals surface area contributed by atoms with E-state index in [1.54, 1.807) is 6.07 Å². The van der Waals surface area contributed by atoms with Gasteiger partial charge in [0.05, 0.1) is 11.1 Å². The van der Waals surface area contributed by atoms with Gasteiger partial charge >= 0.3 is 0 Å². The minimum Gasteiger partial charge on any atom is -0.345 e. The van der Waals surface area contributed by atoms with Crippen LogP contribution in [0.3, 0.4) is 0 Å². The Balaban J connectivity index is 1.81. The highest BCUT2D eigenvalue weighted by molar-refractivity contribution is 5.92. The normalized spacial score (nSPS) is 15.2. The van der Waals surface area contributed by atoms with Crippen molar-refractivity contribution >= 4 is 11.9 Å². The molecule has 0 aliphatic heterocycles. The maximum absolute atomic E-state index is 13.2. The van der Waals surface area contributed by atoms with Crippen LogP contribution in [-0.2, 0) is 5.54 Å². The molecule has 1 aromatic heterocycles. The molecule has 2 aromatic rings. The van der Waals surface area contributed by atoms with E-state index < -0.39 is 5.91 Å². The second kappa shape index (κ2) is 5.34. The minimum atomic E-state index is -0.665. The molecular weight excluding hydrogens is 287 g/mol. The monoisotopic (exact) mass is 302 g/mol. The number of hydrogen-bond acceptors (Lipinski definition) is 5. The lowest BCUT2D eigenvalue weighted by molar-refractivity contribution is 0.0705. The average Bonchev–Trinajstić information content (AvgIpc) is 3.27. The van der Waals surface area contributed by atoms with Crippen LogP contribution in [0, 0.1) is 12.7 Å². The van der Waals surface area contributed by atoms with Crippen LogP contribution in [-0.4, -0.2) is 21.1 Å². The number of aromatic nitrogens is 2. The topological polar surface area (TPSA) is 87.1 Å². The van der Waals surface area contributed by atoms with Crippen molar-refractivity contribution in [3.8, 4) is 0 Å². The summed E-state index contributed by atoms with van der Waals surface area (Å²) in [5.74, 6) is -0.537. The number of nitrogens with zero attached hydrogens (tertiary/aromatic N) is 2. The first-order valence-corrected chi connectivity index (χ1v) is 6.85. The summed E-state index contributed by atoms with van der Waals surface area (Å²) >= 11 is 0. The van der Waals surface area contributed by atoms with Gasteiger partial charge in [0.15, 0.2) is 0 Å². The molecule has 0 atom stereocenters. The SMILES string of the molecule is Cc1cc(F)ccc1C1(Nc2ncc(C(=O)NO)cn2)CC1. The minimum absolute atomic E-state index is 0.163. The Morgan fingerprint density at radius 3 is 2.55 bits per heavy atom. The molecule has 1 saturated carbocycles. The number of rotatable bonds is 4. The zero-order chi connectivity index (χ0) is 15.7. The third-order valence-corrected chi connectivity index (χ3v) is 3.82. The first kappa shape index (κ1) is 14.4. The Labute approximate surface area is 126 Å².